The minimum absolute atomic E-state index is 0.000488. The van der Waals surface area contributed by atoms with Gasteiger partial charge in [-0.3, -0.25) is 9.80 Å². The summed E-state index contributed by atoms with van der Waals surface area (Å²) in [5, 5.41) is 19.9. The minimum Gasteiger partial charge on any atom is -0.497 e. The molecule has 0 fully saturated rings. The molecule has 3 aromatic carbocycles. The predicted octanol–water partition coefficient (Wildman–Crippen LogP) is 6.49. The molecule has 0 radical (unpaired) electrons. The van der Waals surface area contributed by atoms with Gasteiger partial charge in [0.1, 0.15) is 11.5 Å². The van der Waals surface area contributed by atoms with Crippen molar-refractivity contribution in [3.63, 3.8) is 0 Å². The maximum atomic E-state index is 12.1. The number of ether oxygens (including phenoxy) is 2. The van der Waals surface area contributed by atoms with Crippen LogP contribution in [0.4, 0.5) is 21.0 Å². The van der Waals surface area contributed by atoms with Crippen LogP contribution >= 0.6 is 27.5 Å². The fourth-order valence-corrected chi connectivity index (χ4v) is 3.91. The van der Waals surface area contributed by atoms with E-state index in [1.165, 1.54) is 12.1 Å². The van der Waals surface area contributed by atoms with Crippen LogP contribution in [0.25, 0.3) is 0 Å². The van der Waals surface area contributed by atoms with E-state index < -0.39 is 12.2 Å². The van der Waals surface area contributed by atoms with E-state index in [4.69, 9.17) is 21.1 Å². The normalized spacial score (nSPS) is 10.5. The topological polar surface area (TPSA) is 99.5 Å². The van der Waals surface area contributed by atoms with Crippen molar-refractivity contribution >= 4 is 51.1 Å². The van der Waals surface area contributed by atoms with E-state index >= 15 is 0 Å². The van der Waals surface area contributed by atoms with Crippen molar-refractivity contribution in [2.45, 2.75) is 13.1 Å². The molecule has 0 bridgehead atoms. The van der Waals surface area contributed by atoms with Crippen LogP contribution in [0.2, 0.25) is 5.02 Å². The van der Waals surface area contributed by atoms with Gasteiger partial charge < -0.3 is 19.7 Å². The van der Waals surface area contributed by atoms with Crippen LogP contribution in [0.15, 0.2) is 65.1 Å². The Morgan fingerprint density at radius 3 is 1.68 bits per heavy atom. The lowest BCUT2D eigenvalue weighted by Gasteiger charge is -2.25. The number of amides is 2. The summed E-state index contributed by atoms with van der Waals surface area (Å²) < 4.78 is 10.6. The highest BCUT2D eigenvalue weighted by atomic mass is 79.9. The van der Waals surface area contributed by atoms with Gasteiger partial charge in [-0.05, 0) is 63.5 Å². The van der Waals surface area contributed by atoms with Gasteiger partial charge in [0.2, 0.25) is 0 Å². The largest absolute Gasteiger partial charge is 0.497 e. The van der Waals surface area contributed by atoms with E-state index in [2.05, 4.69) is 15.9 Å². The molecule has 34 heavy (non-hydrogen) atoms. The van der Waals surface area contributed by atoms with Gasteiger partial charge in [0.15, 0.2) is 0 Å². The summed E-state index contributed by atoms with van der Waals surface area (Å²) in [6.07, 6.45) is -2.44. The minimum atomic E-state index is -1.24. The van der Waals surface area contributed by atoms with Crippen molar-refractivity contribution in [2.24, 2.45) is 0 Å². The lowest BCUT2D eigenvalue weighted by atomic mass is 10.1. The Bertz CT molecular complexity index is 1170. The zero-order valence-electron chi connectivity index (χ0n) is 18.4. The first-order valence-electron chi connectivity index (χ1n) is 9.99. The fraction of sp³-hybridized carbons (Fsp3) is 0.167. The lowest BCUT2D eigenvalue weighted by molar-refractivity contribution is 0.200. The molecule has 0 saturated heterocycles. The molecule has 0 aliphatic rings. The highest BCUT2D eigenvalue weighted by molar-refractivity contribution is 9.10. The number of hydrogen-bond acceptors (Lipinski definition) is 4. The molecule has 0 spiro atoms. The monoisotopic (exact) mass is 548 g/mol. The number of benzene rings is 3. The van der Waals surface area contributed by atoms with Crippen LogP contribution in [0.1, 0.15) is 11.1 Å². The van der Waals surface area contributed by atoms with Gasteiger partial charge in [0.25, 0.3) is 0 Å². The molecule has 0 aliphatic carbocycles. The van der Waals surface area contributed by atoms with E-state index in [0.717, 1.165) is 15.4 Å². The highest BCUT2D eigenvalue weighted by Crippen LogP contribution is 2.39. The Balaban J connectivity index is 1.98. The van der Waals surface area contributed by atoms with Crippen molar-refractivity contribution in [3.8, 4) is 11.5 Å². The lowest BCUT2D eigenvalue weighted by Crippen LogP contribution is -2.31. The van der Waals surface area contributed by atoms with Crippen molar-refractivity contribution in [2.75, 3.05) is 24.0 Å². The number of anilines is 2. The molecule has 3 aromatic rings. The molecule has 2 amide bonds. The summed E-state index contributed by atoms with van der Waals surface area (Å²) in [4.78, 5) is 26.4. The second-order valence-corrected chi connectivity index (χ2v) is 8.43. The third-order valence-electron chi connectivity index (χ3n) is 5.06. The summed E-state index contributed by atoms with van der Waals surface area (Å²) in [5.74, 6) is 1.29. The molecule has 0 unspecified atom stereocenters. The van der Waals surface area contributed by atoms with Gasteiger partial charge >= 0.3 is 12.2 Å². The number of carboxylic acid groups (broad SMARTS) is 2. The van der Waals surface area contributed by atoms with Gasteiger partial charge in [-0.15, -0.1) is 0 Å². The maximum Gasteiger partial charge on any atom is 0.412 e. The maximum absolute atomic E-state index is 12.1. The van der Waals surface area contributed by atoms with Crippen LogP contribution < -0.4 is 19.3 Å². The third-order valence-corrected chi connectivity index (χ3v) is 6.31. The summed E-state index contributed by atoms with van der Waals surface area (Å²) >= 11 is 9.78. The fourth-order valence-electron chi connectivity index (χ4n) is 3.27. The molecule has 0 aromatic heterocycles. The van der Waals surface area contributed by atoms with Crippen LogP contribution in [0.5, 0.6) is 11.5 Å². The zero-order chi connectivity index (χ0) is 24.8. The number of nitrogens with zero attached hydrogens (tertiary/aromatic N) is 2. The molecule has 0 saturated carbocycles. The van der Waals surface area contributed by atoms with E-state index in [1.807, 2.05) is 0 Å². The van der Waals surface area contributed by atoms with Gasteiger partial charge in [0, 0.05) is 4.47 Å². The Morgan fingerprint density at radius 2 is 1.26 bits per heavy atom. The Hall–Kier alpha value is -3.43. The number of rotatable bonds is 8. The van der Waals surface area contributed by atoms with E-state index in [0.29, 0.717) is 21.5 Å². The summed E-state index contributed by atoms with van der Waals surface area (Å²) in [6, 6.07) is 16.9. The van der Waals surface area contributed by atoms with Crippen LogP contribution in [0, 0.1) is 0 Å². The molecule has 3 rings (SSSR count). The Labute approximate surface area is 210 Å². The SMILES string of the molecule is COc1ccc(CN(C(=O)O)c2cc(Br)c(Cl)c(N(Cc3ccc(OC)cc3)C(=O)O)c2)cc1. The molecule has 178 valence electrons. The molecule has 8 nitrogen and oxygen atoms in total. The van der Waals surface area contributed by atoms with Gasteiger partial charge in [-0.25, -0.2) is 9.59 Å². The van der Waals surface area contributed by atoms with E-state index in [1.54, 1.807) is 62.8 Å². The van der Waals surface area contributed by atoms with Crippen molar-refractivity contribution in [1.82, 2.24) is 0 Å². The van der Waals surface area contributed by atoms with Crippen LogP contribution in [0.3, 0.4) is 0 Å². The third kappa shape index (κ3) is 5.92. The first kappa shape index (κ1) is 25.2. The standard InChI is InChI=1S/C24H22BrClN2O6/c1-33-18-7-3-15(4-8-18)13-27(23(29)30)17-11-20(25)22(26)21(12-17)28(24(31)32)14-16-5-9-19(34-2)10-6-16/h3-12H,13-14H2,1-2H3,(H,29,30)(H,31,32). The van der Waals surface area contributed by atoms with Gasteiger partial charge in [-0.2, -0.15) is 0 Å². The Morgan fingerprint density at radius 1 is 0.824 bits per heavy atom. The molecular formula is C24H22BrClN2O6. The summed E-state index contributed by atoms with van der Waals surface area (Å²) in [7, 11) is 3.09. The summed E-state index contributed by atoms with van der Waals surface area (Å²) in [5.41, 5.74) is 1.84. The highest BCUT2D eigenvalue weighted by Gasteiger charge is 2.24. The molecule has 0 atom stereocenters. The molecular weight excluding hydrogens is 528 g/mol. The van der Waals surface area contributed by atoms with Crippen molar-refractivity contribution < 1.29 is 29.3 Å². The molecule has 2 N–H and O–H groups in total. The van der Waals surface area contributed by atoms with Gasteiger partial charge in [-0.1, -0.05) is 35.9 Å². The average Bonchev–Trinajstić information content (AvgIpc) is 2.83. The second kappa shape index (κ2) is 11.1. The quantitative estimate of drug-likeness (QED) is 0.333. The predicted molar refractivity (Wildman–Crippen MR) is 134 cm³/mol. The number of carbonyl (C=O) groups is 2. The first-order valence-corrected chi connectivity index (χ1v) is 11.2. The Kier molecular flexibility index (Phi) is 8.25. The number of hydrogen-bond donors (Lipinski definition) is 2. The molecule has 0 heterocycles. The molecule has 10 heteroatoms. The van der Waals surface area contributed by atoms with Crippen molar-refractivity contribution in [1.29, 1.82) is 0 Å². The summed E-state index contributed by atoms with van der Waals surface area (Å²) in [6.45, 7) is 0.0406. The second-order valence-electron chi connectivity index (χ2n) is 7.19. The van der Waals surface area contributed by atoms with Gasteiger partial charge in [0.05, 0.1) is 43.7 Å². The zero-order valence-corrected chi connectivity index (χ0v) is 20.7. The van der Waals surface area contributed by atoms with Crippen molar-refractivity contribution in [3.05, 3.63) is 81.3 Å². The molecule has 0 aliphatic heterocycles. The van der Waals surface area contributed by atoms with Crippen LogP contribution in [-0.4, -0.2) is 36.6 Å². The number of methoxy groups -OCH3 is 2. The first-order chi connectivity index (χ1) is 16.2. The average molecular weight is 550 g/mol. The smallest absolute Gasteiger partial charge is 0.412 e. The van der Waals surface area contributed by atoms with E-state index in [-0.39, 0.29) is 29.5 Å². The van der Waals surface area contributed by atoms with Crippen LogP contribution in [-0.2, 0) is 13.1 Å². The number of halogens is 2. The van der Waals surface area contributed by atoms with E-state index in [9.17, 15) is 19.8 Å².